The molecule has 112 valence electrons. The molecule has 0 aromatic rings. The average Bonchev–Trinajstić information content (AvgIpc) is 2.35. The molecule has 1 rings (SSSR count). The summed E-state index contributed by atoms with van der Waals surface area (Å²) in [6.07, 6.45) is 0.878. The predicted molar refractivity (Wildman–Crippen MR) is 70.0 cm³/mol. The predicted octanol–water partition coefficient (Wildman–Crippen LogP) is 0.137. The van der Waals surface area contributed by atoms with Crippen molar-refractivity contribution in [1.82, 2.24) is 8.61 Å². The summed E-state index contributed by atoms with van der Waals surface area (Å²) in [6, 6.07) is -0.0917. The first kappa shape index (κ1) is 16.4. The number of hydrogen-bond acceptors (Lipinski definition) is 4. The Morgan fingerprint density at radius 2 is 1.95 bits per heavy atom. The highest BCUT2D eigenvalue weighted by Gasteiger charge is 2.32. The van der Waals surface area contributed by atoms with Crippen LogP contribution in [0.25, 0.3) is 0 Å². The Balaban J connectivity index is 2.51. The van der Waals surface area contributed by atoms with Crippen molar-refractivity contribution in [2.45, 2.75) is 38.8 Å². The van der Waals surface area contributed by atoms with Crippen LogP contribution in [0.15, 0.2) is 0 Å². The van der Waals surface area contributed by atoms with Gasteiger partial charge in [0.05, 0.1) is 6.10 Å². The number of nitrogens with zero attached hydrogens (tertiary/aromatic N) is 2. The number of carbonyl (C=O) groups is 1. The molecule has 0 bridgehead atoms. The third kappa shape index (κ3) is 4.41. The van der Waals surface area contributed by atoms with E-state index in [9.17, 15) is 13.2 Å². The van der Waals surface area contributed by atoms with E-state index in [2.05, 4.69) is 0 Å². The SMILES string of the molecule is CC(C)N(C)S(=O)(=O)N1CCC(OCC(=O)O)CC1. The molecular weight excluding hydrogens is 272 g/mol. The topological polar surface area (TPSA) is 87.2 Å². The van der Waals surface area contributed by atoms with E-state index in [-0.39, 0.29) is 18.8 Å². The summed E-state index contributed by atoms with van der Waals surface area (Å²) in [6.45, 7) is 4.04. The van der Waals surface area contributed by atoms with Crippen LogP contribution in [0.1, 0.15) is 26.7 Å². The number of carboxylic acids is 1. The molecule has 0 amide bonds. The van der Waals surface area contributed by atoms with Gasteiger partial charge in [0, 0.05) is 26.2 Å². The smallest absolute Gasteiger partial charge is 0.329 e. The third-order valence-corrected chi connectivity index (χ3v) is 5.43. The van der Waals surface area contributed by atoms with E-state index in [4.69, 9.17) is 9.84 Å². The first-order valence-electron chi connectivity index (χ1n) is 6.31. The Morgan fingerprint density at radius 3 is 2.37 bits per heavy atom. The first-order chi connectivity index (χ1) is 8.75. The number of ether oxygens (including phenoxy) is 1. The van der Waals surface area contributed by atoms with Crippen LogP contribution in [0.5, 0.6) is 0 Å². The summed E-state index contributed by atoms with van der Waals surface area (Å²) in [5.41, 5.74) is 0. The summed E-state index contributed by atoms with van der Waals surface area (Å²) in [7, 11) is -1.86. The van der Waals surface area contributed by atoms with Crippen LogP contribution in [-0.2, 0) is 19.7 Å². The molecule has 7 nitrogen and oxygen atoms in total. The van der Waals surface area contributed by atoms with Gasteiger partial charge in [0.1, 0.15) is 6.61 Å². The van der Waals surface area contributed by atoms with Crippen LogP contribution < -0.4 is 0 Å². The van der Waals surface area contributed by atoms with Crippen molar-refractivity contribution >= 4 is 16.2 Å². The monoisotopic (exact) mass is 294 g/mol. The summed E-state index contributed by atoms with van der Waals surface area (Å²) < 4.78 is 32.4. The zero-order valence-corrected chi connectivity index (χ0v) is 12.4. The molecule has 8 heteroatoms. The molecule has 1 saturated heterocycles. The molecule has 1 fully saturated rings. The number of piperidine rings is 1. The van der Waals surface area contributed by atoms with E-state index in [1.165, 1.54) is 8.61 Å². The molecule has 0 unspecified atom stereocenters. The lowest BCUT2D eigenvalue weighted by atomic mass is 10.1. The molecule has 1 heterocycles. The van der Waals surface area contributed by atoms with Crippen LogP contribution in [-0.4, -0.2) is 67.0 Å². The van der Waals surface area contributed by atoms with Gasteiger partial charge < -0.3 is 9.84 Å². The van der Waals surface area contributed by atoms with E-state index >= 15 is 0 Å². The molecule has 1 aliphatic heterocycles. The summed E-state index contributed by atoms with van der Waals surface area (Å²) in [5.74, 6) is -1.01. The van der Waals surface area contributed by atoms with Crippen molar-refractivity contribution in [3.8, 4) is 0 Å². The van der Waals surface area contributed by atoms with Crippen LogP contribution in [0.3, 0.4) is 0 Å². The first-order valence-corrected chi connectivity index (χ1v) is 7.71. The second-order valence-electron chi connectivity index (χ2n) is 4.92. The Morgan fingerprint density at radius 1 is 1.42 bits per heavy atom. The molecule has 19 heavy (non-hydrogen) atoms. The molecule has 0 aliphatic carbocycles. The van der Waals surface area contributed by atoms with E-state index in [0.717, 1.165) is 0 Å². The van der Waals surface area contributed by atoms with Crippen LogP contribution in [0.2, 0.25) is 0 Å². The highest BCUT2D eigenvalue weighted by Crippen LogP contribution is 2.19. The molecule has 1 aliphatic rings. The zero-order chi connectivity index (χ0) is 14.6. The Labute approximate surface area is 114 Å². The standard InChI is InChI=1S/C11H22N2O5S/c1-9(2)12(3)19(16,17)13-6-4-10(5-7-13)18-8-11(14)15/h9-10H,4-8H2,1-3H3,(H,14,15). The van der Waals surface area contributed by atoms with Gasteiger partial charge in [-0.15, -0.1) is 0 Å². The Kier molecular flexibility index (Phi) is 5.72. The van der Waals surface area contributed by atoms with Gasteiger partial charge in [-0.05, 0) is 26.7 Å². The fourth-order valence-electron chi connectivity index (χ4n) is 1.87. The van der Waals surface area contributed by atoms with Crippen LogP contribution >= 0.6 is 0 Å². The van der Waals surface area contributed by atoms with Crippen molar-refractivity contribution in [2.75, 3.05) is 26.7 Å². The van der Waals surface area contributed by atoms with Crippen molar-refractivity contribution in [3.63, 3.8) is 0 Å². The lowest BCUT2D eigenvalue weighted by Crippen LogP contribution is -2.48. The maximum Gasteiger partial charge on any atom is 0.329 e. The number of carboxylic acid groups (broad SMARTS) is 1. The van der Waals surface area contributed by atoms with Crippen LogP contribution in [0, 0.1) is 0 Å². The highest BCUT2D eigenvalue weighted by atomic mass is 32.2. The van der Waals surface area contributed by atoms with Gasteiger partial charge in [-0.25, -0.2) is 4.79 Å². The normalized spacial score (nSPS) is 19.2. The van der Waals surface area contributed by atoms with Gasteiger partial charge in [0.25, 0.3) is 10.2 Å². The number of aliphatic carboxylic acids is 1. The largest absolute Gasteiger partial charge is 0.480 e. The second-order valence-corrected chi connectivity index (χ2v) is 6.91. The van der Waals surface area contributed by atoms with Gasteiger partial charge >= 0.3 is 5.97 Å². The number of rotatable bonds is 6. The van der Waals surface area contributed by atoms with Gasteiger partial charge in [-0.3, -0.25) is 0 Å². The van der Waals surface area contributed by atoms with Crippen molar-refractivity contribution in [3.05, 3.63) is 0 Å². The minimum Gasteiger partial charge on any atom is -0.480 e. The van der Waals surface area contributed by atoms with E-state index in [1.807, 2.05) is 13.8 Å². The molecular formula is C11H22N2O5S. The van der Waals surface area contributed by atoms with Crippen LogP contribution in [0.4, 0.5) is 0 Å². The number of hydrogen-bond donors (Lipinski definition) is 1. The fraction of sp³-hybridized carbons (Fsp3) is 0.909. The molecule has 0 radical (unpaired) electrons. The minimum absolute atomic E-state index is 0.0917. The van der Waals surface area contributed by atoms with E-state index in [1.54, 1.807) is 7.05 Å². The minimum atomic E-state index is -3.42. The second kappa shape index (κ2) is 6.65. The average molecular weight is 294 g/mol. The molecule has 0 spiro atoms. The lowest BCUT2D eigenvalue weighted by Gasteiger charge is -2.34. The fourth-order valence-corrected chi connectivity index (χ4v) is 3.44. The van der Waals surface area contributed by atoms with E-state index in [0.29, 0.717) is 25.9 Å². The molecule has 0 saturated carbocycles. The lowest BCUT2D eigenvalue weighted by molar-refractivity contribution is -0.145. The summed E-state index contributed by atoms with van der Waals surface area (Å²) in [4.78, 5) is 10.4. The molecule has 0 atom stereocenters. The molecule has 0 aromatic carbocycles. The molecule has 0 aromatic heterocycles. The van der Waals surface area contributed by atoms with Gasteiger partial charge in [-0.1, -0.05) is 0 Å². The van der Waals surface area contributed by atoms with Gasteiger partial charge in [-0.2, -0.15) is 17.0 Å². The summed E-state index contributed by atoms with van der Waals surface area (Å²) in [5, 5.41) is 8.52. The summed E-state index contributed by atoms with van der Waals surface area (Å²) >= 11 is 0. The zero-order valence-electron chi connectivity index (χ0n) is 11.6. The van der Waals surface area contributed by atoms with Crippen molar-refractivity contribution < 1.29 is 23.1 Å². The van der Waals surface area contributed by atoms with Crippen molar-refractivity contribution in [1.29, 1.82) is 0 Å². The highest BCUT2D eigenvalue weighted by molar-refractivity contribution is 7.86. The molecule has 1 N–H and O–H groups in total. The van der Waals surface area contributed by atoms with Gasteiger partial charge in [0.2, 0.25) is 0 Å². The quantitative estimate of drug-likeness (QED) is 0.753. The van der Waals surface area contributed by atoms with Gasteiger partial charge in [0.15, 0.2) is 0 Å². The maximum absolute atomic E-state index is 12.2. The van der Waals surface area contributed by atoms with Crippen molar-refractivity contribution in [2.24, 2.45) is 0 Å². The van der Waals surface area contributed by atoms with E-state index < -0.39 is 16.2 Å². The Hall–Kier alpha value is -0.700. The maximum atomic E-state index is 12.2. The third-order valence-electron chi connectivity index (χ3n) is 3.26. The Bertz CT molecular complexity index is 401.